The molecule has 0 aliphatic carbocycles. The van der Waals surface area contributed by atoms with Crippen molar-refractivity contribution in [1.29, 1.82) is 0 Å². The van der Waals surface area contributed by atoms with Crippen LogP contribution in [0.5, 0.6) is 0 Å². The summed E-state index contributed by atoms with van der Waals surface area (Å²) in [6, 6.07) is 6.49. The van der Waals surface area contributed by atoms with Crippen LogP contribution in [-0.2, 0) is 28.9 Å². The van der Waals surface area contributed by atoms with E-state index >= 15 is 0 Å². The average molecular weight is 243 g/mol. The Labute approximate surface area is 106 Å². The largest absolute Gasteiger partial charge is 0.469 e. The van der Waals surface area contributed by atoms with Gasteiger partial charge in [-0.15, -0.1) is 0 Å². The van der Waals surface area contributed by atoms with Crippen LogP contribution < -0.4 is 0 Å². The number of ether oxygens (including phenoxy) is 1. The molecule has 18 heavy (non-hydrogen) atoms. The molecular formula is C15H17NO2. The molecule has 3 rings (SSSR count). The average Bonchev–Trinajstić information content (AvgIpc) is 2.77. The van der Waals surface area contributed by atoms with E-state index in [1.807, 2.05) is 0 Å². The highest BCUT2D eigenvalue weighted by atomic mass is 16.5. The number of hydrogen-bond acceptors (Lipinski definition) is 2. The van der Waals surface area contributed by atoms with Gasteiger partial charge >= 0.3 is 5.97 Å². The molecular weight excluding hydrogens is 226 g/mol. The first-order valence-electron chi connectivity index (χ1n) is 6.46. The zero-order chi connectivity index (χ0) is 12.5. The first-order valence-corrected chi connectivity index (χ1v) is 6.46. The third kappa shape index (κ3) is 1.80. The summed E-state index contributed by atoms with van der Waals surface area (Å²) in [6.45, 7) is 1.09. The maximum Gasteiger partial charge on any atom is 0.305 e. The molecule has 0 saturated heterocycles. The number of para-hydroxylation sites is 1. The third-order valence-corrected chi connectivity index (χ3v) is 3.74. The monoisotopic (exact) mass is 243 g/mol. The molecule has 0 spiro atoms. The second kappa shape index (κ2) is 4.48. The van der Waals surface area contributed by atoms with E-state index in [-0.39, 0.29) is 5.97 Å². The van der Waals surface area contributed by atoms with Gasteiger partial charge in [-0.2, -0.15) is 0 Å². The van der Waals surface area contributed by atoms with Gasteiger partial charge in [0.2, 0.25) is 0 Å². The highest BCUT2D eigenvalue weighted by molar-refractivity contribution is 5.87. The number of rotatable bonds is 3. The Morgan fingerprint density at radius 1 is 1.44 bits per heavy atom. The maximum atomic E-state index is 11.2. The standard InChI is InChI=1S/C15H17NO2/c1-18-14(17)8-7-12-10-16-9-3-5-11-4-2-6-13(12)15(11)16/h2,4,6,10H,3,5,7-9H2,1H3. The SMILES string of the molecule is COC(=O)CCc1cn2c3c(cccc13)CCC2. The van der Waals surface area contributed by atoms with Crippen LogP contribution in [0.25, 0.3) is 10.9 Å². The minimum Gasteiger partial charge on any atom is -0.469 e. The summed E-state index contributed by atoms with van der Waals surface area (Å²) in [4.78, 5) is 11.2. The molecule has 2 aromatic rings. The smallest absolute Gasteiger partial charge is 0.305 e. The molecule has 94 valence electrons. The maximum absolute atomic E-state index is 11.2. The predicted molar refractivity (Wildman–Crippen MR) is 70.6 cm³/mol. The van der Waals surface area contributed by atoms with Crippen LogP contribution in [0, 0.1) is 0 Å². The zero-order valence-corrected chi connectivity index (χ0v) is 10.6. The first-order chi connectivity index (χ1) is 8.79. The topological polar surface area (TPSA) is 31.2 Å². The lowest BCUT2D eigenvalue weighted by atomic mass is 10.0. The summed E-state index contributed by atoms with van der Waals surface area (Å²) in [5, 5.41) is 1.30. The molecule has 0 amide bonds. The van der Waals surface area contributed by atoms with Crippen LogP contribution in [0.1, 0.15) is 24.0 Å². The number of hydrogen-bond donors (Lipinski definition) is 0. The Hall–Kier alpha value is -1.77. The Bertz CT molecular complexity index is 598. The summed E-state index contributed by atoms with van der Waals surface area (Å²) >= 11 is 0. The fraction of sp³-hybridized carbons (Fsp3) is 0.400. The summed E-state index contributed by atoms with van der Waals surface area (Å²) < 4.78 is 7.04. The molecule has 0 N–H and O–H groups in total. The molecule has 1 aromatic carbocycles. The summed E-state index contributed by atoms with van der Waals surface area (Å²) in [6.07, 6.45) is 5.80. The van der Waals surface area contributed by atoms with Gasteiger partial charge < -0.3 is 9.30 Å². The van der Waals surface area contributed by atoms with Gasteiger partial charge in [-0.05, 0) is 30.4 Å². The number of carbonyl (C=O) groups is 1. The van der Waals surface area contributed by atoms with Crippen molar-refractivity contribution in [2.75, 3.05) is 7.11 Å². The second-order valence-electron chi connectivity index (χ2n) is 4.84. The van der Waals surface area contributed by atoms with Crippen molar-refractivity contribution in [2.45, 2.75) is 32.2 Å². The molecule has 0 saturated carbocycles. The van der Waals surface area contributed by atoms with Crippen LogP contribution in [0.15, 0.2) is 24.4 Å². The number of nitrogens with zero attached hydrogens (tertiary/aromatic N) is 1. The number of aryl methyl sites for hydroxylation is 3. The van der Waals surface area contributed by atoms with Gasteiger partial charge in [0.05, 0.1) is 12.6 Å². The Kier molecular flexibility index (Phi) is 2.82. The van der Waals surface area contributed by atoms with E-state index in [1.54, 1.807) is 0 Å². The van der Waals surface area contributed by atoms with E-state index in [1.165, 1.54) is 35.6 Å². The number of esters is 1. The lowest BCUT2D eigenvalue weighted by Crippen LogP contribution is -2.05. The molecule has 0 unspecified atom stereocenters. The fourth-order valence-electron chi connectivity index (χ4n) is 2.87. The van der Waals surface area contributed by atoms with Gasteiger partial charge in [0, 0.05) is 24.5 Å². The van der Waals surface area contributed by atoms with Crippen molar-refractivity contribution < 1.29 is 9.53 Å². The van der Waals surface area contributed by atoms with E-state index < -0.39 is 0 Å². The van der Waals surface area contributed by atoms with Crippen molar-refractivity contribution >= 4 is 16.9 Å². The molecule has 0 fully saturated rings. The third-order valence-electron chi connectivity index (χ3n) is 3.74. The Morgan fingerprint density at radius 2 is 2.33 bits per heavy atom. The van der Waals surface area contributed by atoms with Crippen molar-refractivity contribution in [3.8, 4) is 0 Å². The van der Waals surface area contributed by atoms with E-state index in [2.05, 4.69) is 29.0 Å². The van der Waals surface area contributed by atoms with Gasteiger partial charge in [-0.3, -0.25) is 4.79 Å². The molecule has 0 bridgehead atoms. The van der Waals surface area contributed by atoms with Gasteiger partial charge in [0.25, 0.3) is 0 Å². The summed E-state index contributed by atoms with van der Waals surface area (Å²) in [7, 11) is 1.44. The van der Waals surface area contributed by atoms with Crippen molar-refractivity contribution in [1.82, 2.24) is 4.57 Å². The minimum atomic E-state index is -0.137. The van der Waals surface area contributed by atoms with Crippen LogP contribution in [0.2, 0.25) is 0 Å². The minimum absolute atomic E-state index is 0.137. The first kappa shape index (κ1) is 11.3. The Balaban J connectivity index is 1.99. The summed E-state index contributed by atoms with van der Waals surface area (Å²) in [5.41, 5.74) is 4.06. The van der Waals surface area contributed by atoms with Crippen molar-refractivity contribution in [2.24, 2.45) is 0 Å². The molecule has 1 aliphatic heterocycles. The highest BCUT2D eigenvalue weighted by Crippen LogP contribution is 2.29. The van der Waals surface area contributed by atoms with Gasteiger partial charge in [-0.25, -0.2) is 0 Å². The quantitative estimate of drug-likeness (QED) is 0.776. The van der Waals surface area contributed by atoms with Crippen molar-refractivity contribution in [3.05, 3.63) is 35.5 Å². The van der Waals surface area contributed by atoms with Gasteiger partial charge in [0.1, 0.15) is 0 Å². The van der Waals surface area contributed by atoms with Crippen LogP contribution in [0.4, 0.5) is 0 Å². The number of benzene rings is 1. The van der Waals surface area contributed by atoms with Gasteiger partial charge in [0.15, 0.2) is 0 Å². The lowest BCUT2D eigenvalue weighted by Gasteiger charge is -2.14. The van der Waals surface area contributed by atoms with Crippen LogP contribution in [0.3, 0.4) is 0 Å². The highest BCUT2D eigenvalue weighted by Gasteiger charge is 2.16. The predicted octanol–water partition coefficient (Wildman–Crippen LogP) is 2.69. The number of aromatic nitrogens is 1. The molecule has 2 heterocycles. The molecule has 3 nitrogen and oxygen atoms in total. The van der Waals surface area contributed by atoms with E-state index in [9.17, 15) is 4.79 Å². The normalized spacial score (nSPS) is 13.8. The van der Waals surface area contributed by atoms with E-state index in [0.29, 0.717) is 6.42 Å². The summed E-state index contributed by atoms with van der Waals surface area (Å²) in [5.74, 6) is -0.137. The number of carbonyl (C=O) groups excluding carboxylic acids is 1. The zero-order valence-electron chi connectivity index (χ0n) is 10.6. The molecule has 0 radical (unpaired) electrons. The molecule has 1 aromatic heterocycles. The molecule has 1 aliphatic rings. The molecule has 3 heteroatoms. The van der Waals surface area contributed by atoms with Crippen LogP contribution in [-0.4, -0.2) is 17.6 Å². The van der Waals surface area contributed by atoms with E-state index in [0.717, 1.165) is 19.4 Å². The van der Waals surface area contributed by atoms with Crippen LogP contribution >= 0.6 is 0 Å². The van der Waals surface area contributed by atoms with E-state index in [4.69, 9.17) is 4.74 Å². The van der Waals surface area contributed by atoms with Gasteiger partial charge in [-0.1, -0.05) is 18.2 Å². The fourth-order valence-corrected chi connectivity index (χ4v) is 2.87. The second-order valence-corrected chi connectivity index (χ2v) is 4.84. The number of methoxy groups -OCH3 is 1. The van der Waals surface area contributed by atoms with Crippen molar-refractivity contribution in [3.63, 3.8) is 0 Å². The lowest BCUT2D eigenvalue weighted by molar-refractivity contribution is -0.140. The molecule has 0 atom stereocenters. The Morgan fingerprint density at radius 3 is 3.17 bits per heavy atom.